The van der Waals surface area contributed by atoms with Gasteiger partial charge in [0.1, 0.15) is 5.60 Å². The fourth-order valence-corrected chi connectivity index (χ4v) is 2.99. The molecule has 0 radical (unpaired) electrons. The van der Waals surface area contributed by atoms with Gasteiger partial charge in [0.2, 0.25) is 0 Å². The molecule has 1 heterocycles. The molecular weight excluding hydrogens is 499 g/mol. The molecule has 1 aliphatic heterocycles. The molecule has 8 nitrogen and oxygen atoms in total. The van der Waals surface area contributed by atoms with Gasteiger partial charge >= 0.3 is 12.1 Å². The lowest BCUT2D eigenvalue weighted by Gasteiger charge is -2.31. The molecule has 168 valence electrons. The quantitative estimate of drug-likeness (QED) is 0.261. The number of hydrogen-bond donors (Lipinski definition) is 2. The summed E-state index contributed by atoms with van der Waals surface area (Å²) in [5.74, 6) is -0.00922. The van der Waals surface area contributed by atoms with Crippen LogP contribution in [0.2, 0.25) is 0 Å². The Labute approximate surface area is 195 Å². The average Bonchev–Trinajstić information content (AvgIpc) is 2.66. The smallest absolute Gasteiger partial charge is 0.409 e. The van der Waals surface area contributed by atoms with Crippen molar-refractivity contribution in [2.45, 2.75) is 58.7 Å². The second kappa shape index (κ2) is 12.0. The van der Waals surface area contributed by atoms with Crippen molar-refractivity contribution in [2.75, 3.05) is 19.7 Å². The second-order valence-corrected chi connectivity index (χ2v) is 8.01. The standard InChI is InChI=1S/C21H32N4O4.HI/c1-5-28-20(27)25-11-9-17(10-12-25)24-19(22)23-14-15-7-6-8-16(13-15)18(26)29-21(2,3)4;/h6-8,13,17H,5,9-12,14H2,1-4H3,(H3,22,23,24);1H. The first-order valence-electron chi connectivity index (χ1n) is 9.98. The molecule has 0 aliphatic carbocycles. The largest absolute Gasteiger partial charge is 0.456 e. The van der Waals surface area contributed by atoms with Crippen molar-refractivity contribution in [1.29, 1.82) is 0 Å². The minimum atomic E-state index is -0.539. The molecule has 1 aromatic rings. The van der Waals surface area contributed by atoms with Crippen LogP contribution in [0.25, 0.3) is 0 Å². The van der Waals surface area contributed by atoms with Crippen molar-refractivity contribution in [3.05, 3.63) is 35.4 Å². The Balaban J connectivity index is 0.00000450. The van der Waals surface area contributed by atoms with E-state index < -0.39 is 5.60 Å². The zero-order valence-electron chi connectivity index (χ0n) is 18.1. The van der Waals surface area contributed by atoms with E-state index in [-0.39, 0.29) is 42.1 Å². The van der Waals surface area contributed by atoms with E-state index in [4.69, 9.17) is 15.2 Å². The molecule has 1 saturated heterocycles. The summed E-state index contributed by atoms with van der Waals surface area (Å²) in [6.07, 6.45) is 1.30. The minimum Gasteiger partial charge on any atom is -0.456 e. The van der Waals surface area contributed by atoms with E-state index in [9.17, 15) is 9.59 Å². The van der Waals surface area contributed by atoms with Gasteiger partial charge in [-0.15, -0.1) is 24.0 Å². The summed E-state index contributed by atoms with van der Waals surface area (Å²) in [4.78, 5) is 30.0. The maximum absolute atomic E-state index is 12.2. The van der Waals surface area contributed by atoms with Crippen molar-refractivity contribution in [3.8, 4) is 0 Å². The molecule has 0 saturated carbocycles. The van der Waals surface area contributed by atoms with E-state index in [0.29, 0.717) is 37.8 Å². The number of carbonyl (C=O) groups is 2. The second-order valence-electron chi connectivity index (χ2n) is 8.01. The molecule has 0 bridgehead atoms. The lowest BCUT2D eigenvalue weighted by atomic mass is 10.1. The summed E-state index contributed by atoms with van der Waals surface area (Å²) in [6.45, 7) is 9.30. The Morgan fingerprint density at radius 2 is 1.93 bits per heavy atom. The third-order valence-corrected chi connectivity index (χ3v) is 4.37. The number of nitrogens with two attached hydrogens (primary N) is 1. The van der Waals surface area contributed by atoms with Crippen molar-refractivity contribution >= 4 is 42.0 Å². The first kappa shape index (κ1) is 26.0. The molecule has 30 heavy (non-hydrogen) atoms. The molecule has 1 aromatic carbocycles. The van der Waals surface area contributed by atoms with Crippen LogP contribution in [0.4, 0.5) is 4.79 Å². The van der Waals surface area contributed by atoms with Crippen molar-refractivity contribution < 1.29 is 19.1 Å². The monoisotopic (exact) mass is 532 g/mol. The maximum atomic E-state index is 12.2. The Kier molecular flexibility index (Phi) is 10.4. The number of benzene rings is 1. The predicted octanol–water partition coefficient (Wildman–Crippen LogP) is 3.29. The van der Waals surface area contributed by atoms with Gasteiger partial charge in [0.25, 0.3) is 0 Å². The van der Waals surface area contributed by atoms with Crippen molar-refractivity contribution in [1.82, 2.24) is 10.2 Å². The zero-order chi connectivity index (χ0) is 21.4. The fourth-order valence-electron chi connectivity index (χ4n) is 2.99. The summed E-state index contributed by atoms with van der Waals surface area (Å²) in [5.41, 5.74) is 6.84. The molecule has 0 atom stereocenters. The Bertz CT molecular complexity index is 741. The third-order valence-electron chi connectivity index (χ3n) is 4.37. The summed E-state index contributed by atoms with van der Waals surface area (Å²) < 4.78 is 10.4. The first-order valence-corrected chi connectivity index (χ1v) is 9.98. The fraction of sp³-hybridized carbons (Fsp3) is 0.571. The lowest BCUT2D eigenvalue weighted by molar-refractivity contribution is 0.00693. The number of halogens is 1. The molecule has 9 heteroatoms. The molecule has 0 aromatic heterocycles. The van der Waals surface area contributed by atoms with Crippen LogP contribution in [0, 0.1) is 0 Å². The van der Waals surface area contributed by atoms with Crippen molar-refractivity contribution in [2.24, 2.45) is 10.7 Å². The molecule has 1 fully saturated rings. The Morgan fingerprint density at radius 3 is 2.53 bits per heavy atom. The summed E-state index contributed by atoms with van der Waals surface area (Å²) in [7, 11) is 0. The Hall–Kier alpha value is -2.04. The van der Waals surface area contributed by atoms with Crippen LogP contribution in [0.5, 0.6) is 0 Å². The highest BCUT2D eigenvalue weighted by atomic mass is 127. The number of amides is 1. The molecule has 1 amide bonds. The van der Waals surface area contributed by atoms with Crippen molar-refractivity contribution in [3.63, 3.8) is 0 Å². The number of nitrogens with one attached hydrogen (secondary N) is 1. The van der Waals surface area contributed by atoms with Crippen LogP contribution in [-0.4, -0.2) is 54.3 Å². The van der Waals surface area contributed by atoms with E-state index in [1.807, 2.05) is 26.8 Å². The van der Waals surface area contributed by atoms with Crippen LogP contribution in [0.3, 0.4) is 0 Å². The van der Waals surface area contributed by atoms with E-state index in [0.717, 1.165) is 18.4 Å². The molecule has 1 aliphatic rings. The van der Waals surface area contributed by atoms with Gasteiger partial charge in [-0.3, -0.25) is 0 Å². The minimum absolute atomic E-state index is 0. The summed E-state index contributed by atoms with van der Waals surface area (Å²) in [5, 5.41) is 3.21. The van der Waals surface area contributed by atoms with Gasteiger partial charge in [-0.05, 0) is 58.2 Å². The molecule has 0 spiro atoms. The number of guanidine groups is 1. The van der Waals surface area contributed by atoms with Gasteiger partial charge in [-0.1, -0.05) is 12.1 Å². The normalized spacial score (nSPS) is 15.2. The number of esters is 1. The van der Waals surface area contributed by atoms with Gasteiger partial charge in [0, 0.05) is 19.1 Å². The van der Waals surface area contributed by atoms with E-state index in [1.165, 1.54) is 0 Å². The SMILES string of the molecule is CCOC(=O)N1CCC(NC(N)=NCc2cccc(C(=O)OC(C)(C)C)c2)CC1.I. The van der Waals surface area contributed by atoms with Crippen LogP contribution >= 0.6 is 24.0 Å². The van der Waals surface area contributed by atoms with Gasteiger partial charge in [0.05, 0.1) is 18.7 Å². The van der Waals surface area contributed by atoms with Crippen LogP contribution in [0.15, 0.2) is 29.3 Å². The van der Waals surface area contributed by atoms with Crippen LogP contribution in [-0.2, 0) is 16.0 Å². The average molecular weight is 532 g/mol. The maximum Gasteiger partial charge on any atom is 0.409 e. The highest BCUT2D eigenvalue weighted by molar-refractivity contribution is 14.0. The van der Waals surface area contributed by atoms with Crippen LogP contribution in [0.1, 0.15) is 56.5 Å². The first-order chi connectivity index (χ1) is 13.7. The predicted molar refractivity (Wildman–Crippen MR) is 127 cm³/mol. The number of aliphatic imine (C=N–C) groups is 1. The van der Waals surface area contributed by atoms with Gasteiger partial charge in [-0.25, -0.2) is 14.6 Å². The number of piperidine rings is 1. The highest BCUT2D eigenvalue weighted by Gasteiger charge is 2.23. The number of carbonyl (C=O) groups excluding carboxylic acids is 2. The third kappa shape index (κ3) is 8.76. The number of nitrogens with zero attached hydrogens (tertiary/aromatic N) is 2. The topological polar surface area (TPSA) is 106 Å². The molecular formula is C21H33IN4O4. The number of ether oxygens (including phenoxy) is 2. The van der Waals surface area contributed by atoms with Crippen LogP contribution < -0.4 is 11.1 Å². The molecule has 3 N–H and O–H groups in total. The number of likely N-dealkylation sites (tertiary alicyclic amines) is 1. The van der Waals surface area contributed by atoms with E-state index >= 15 is 0 Å². The highest BCUT2D eigenvalue weighted by Crippen LogP contribution is 2.14. The van der Waals surface area contributed by atoms with Gasteiger partial charge < -0.3 is 25.4 Å². The van der Waals surface area contributed by atoms with Gasteiger partial charge in [-0.2, -0.15) is 0 Å². The van der Waals surface area contributed by atoms with Gasteiger partial charge in [0.15, 0.2) is 5.96 Å². The molecule has 0 unspecified atom stereocenters. The number of hydrogen-bond acceptors (Lipinski definition) is 5. The number of rotatable bonds is 5. The Morgan fingerprint density at radius 1 is 1.27 bits per heavy atom. The lowest BCUT2D eigenvalue weighted by Crippen LogP contribution is -2.48. The van der Waals surface area contributed by atoms with E-state index in [2.05, 4.69) is 10.3 Å². The zero-order valence-corrected chi connectivity index (χ0v) is 20.5. The van der Waals surface area contributed by atoms with E-state index in [1.54, 1.807) is 30.0 Å². The summed E-state index contributed by atoms with van der Waals surface area (Å²) >= 11 is 0. The summed E-state index contributed by atoms with van der Waals surface area (Å²) in [6, 6.07) is 7.35. The molecule has 2 rings (SSSR count).